The van der Waals surface area contributed by atoms with E-state index in [0.717, 1.165) is 5.56 Å². The molecule has 0 saturated heterocycles. The molecule has 0 heterocycles. The van der Waals surface area contributed by atoms with Crippen LogP contribution in [0, 0.1) is 6.92 Å². The molecule has 1 rings (SSSR count). The summed E-state index contributed by atoms with van der Waals surface area (Å²) in [5, 5.41) is 11.6. The van der Waals surface area contributed by atoms with Crippen molar-refractivity contribution >= 4 is 23.6 Å². The number of amides is 3. The summed E-state index contributed by atoms with van der Waals surface area (Å²) in [7, 11) is 0. The van der Waals surface area contributed by atoms with Crippen LogP contribution in [0.15, 0.2) is 18.2 Å². The summed E-state index contributed by atoms with van der Waals surface area (Å²) in [5.74, 6) is -1.77. The molecule has 0 aliphatic heterocycles. The Morgan fingerprint density at radius 2 is 2.00 bits per heavy atom. The summed E-state index contributed by atoms with van der Waals surface area (Å²) in [6, 6.07) is 4.08. The number of rotatable bonds is 5. The van der Waals surface area contributed by atoms with Crippen LogP contribution in [0.4, 0.5) is 10.5 Å². The monoisotopic (exact) mass is 279 g/mol. The van der Waals surface area contributed by atoms with E-state index in [0.29, 0.717) is 0 Å². The minimum atomic E-state index is -1.14. The van der Waals surface area contributed by atoms with E-state index in [1.807, 2.05) is 0 Å². The second kappa shape index (κ2) is 6.55. The minimum absolute atomic E-state index is 0.00604. The number of nitrogens with two attached hydrogens (primary N) is 1. The zero-order chi connectivity index (χ0) is 15.3. The van der Waals surface area contributed by atoms with Gasteiger partial charge >= 0.3 is 12.0 Å². The van der Waals surface area contributed by atoms with Gasteiger partial charge in [0.25, 0.3) is 0 Å². The van der Waals surface area contributed by atoms with Gasteiger partial charge in [0.15, 0.2) is 0 Å². The van der Waals surface area contributed by atoms with Crippen molar-refractivity contribution in [2.45, 2.75) is 13.8 Å². The first-order valence-corrected chi connectivity index (χ1v) is 6.03. The molecule has 7 nitrogen and oxygen atoms in total. The average molecular weight is 279 g/mol. The third-order valence-electron chi connectivity index (χ3n) is 2.66. The number of carboxylic acids is 1. The smallest absolute Gasteiger partial charge is 0.337 e. The highest BCUT2D eigenvalue weighted by Gasteiger charge is 2.17. The van der Waals surface area contributed by atoms with Crippen molar-refractivity contribution in [2.24, 2.45) is 5.73 Å². The summed E-state index contributed by atoms with van der Waals surface area (Å²) in [6.45, 7) is 3.50. The molecule has 1 aromatic carbocycles. The van der Waals surface area contributed by atoms with Crippen LogP contribution in [-0.4, -0.2) is 41.0 Å². The number of urea groups is 1. The van der Waals surface area contributed by atoms with Crippen LogP contribution in [-0.2, 0) is 4.79 Å². The van der Waals surface area contributed by atoms with Gasteiger partial charge in [0.2, 0.25) is 5.91 Å². The van der Waals surface area contributed by atoms with E-state index in [9.17, 15) is 14.4 Å². The highest BCUT2D eigenvalue weighted by molar-refractivity contribution is 6.00. The second-order valence-corrected chi connectivity index (χ2v) is 4.26. The van der Waals surface area contributed by atoms with Gasteiger partial charge in [-0.3, -0.25) is 4.79 Å². The van der Waals surface area contributed by atoms with E-state index in [1.165, 1.54) is 17.0 Å². The van der Waals surface area contributed by atoms with Crippen LogP contribution in [0.2, 0.25) is 0 Å². The van der Waals surface area contributed by atoms with Crippen LogP contribution in [0.5, 0.6) is 0 Å². The Hall–Kier alpha value is -2.57. The topological polar surface area (TPSA) is 113 Å². The van der Waals surface area contributed by atoms with Gasteiger partial charge in [0.05, 0.1) is 11.3 Å². The quantitative estimate of drug-likeness (QED) is 0.747. The van der Waals surface area contributed by atoms with Gasteiger partial charge in [-0.1, -0.05) is 11.6 Å². The largest absolute Gasteiger partial charge is 0.478 e. The molecule has 4 N–H and O–H groups in total. The number of aromatic carboxylic acids is 1. The summed E-state index contributed by atoms with van der Waals surface area (Å²) < 4.78 is 0. The van der Waals surface area contributed by atoms with Crippen LogP contribution < -0.4 is 11.1 Å². The molecule has 0 aromatic heterocycles. The lowest BCUT2D eigenvalue weighted by Gasteiger charge is -2.20. The maximum absolute atomic E-state index is 12.0. The molecule has 0 bridgehead atoms. The maximum Gasteiger partial charge on any atom is 0.337 e. The van der Waals surface area contributed by atoms with Gasteiger partial charge < -0.3 is 21.1 Å². The fourth-order valence-electron chi connectivity index (χ4n) is 1.65. The van der Waals surface area contributed by atoms with Crippen molar-refractivity contribution in [1.82, 2.24) is 4.90 Å². The lowest BCUT2D eigenvalue weighted by molar-refractivity contribution is -0.118. The highest BCUT2D eigenvalue weighted by Crippen LogP contribution is 2.18. The lowest BCUT2D eigenvalue weighted by Crippen LogP contribution is -2.41. The first-order chi connectivity index (χ1) is 9.35. The molecule has 0 spiro atoms. The van der Waals surface area contributed by atoms with E-state index in [4.69, 9.17) is 10.8 Å². The molecule has 0 aliphatic carbocycles. The maximum atomic E-state index is 12.0. The first-order valence-electron chi connectivity index (χ1n) is 6.03. The highest BCUT2D eigenvalue weighted by atomic mass is 16.4. The summed E-state index contributed by atoms with van der Waals surface area (Å²) in [6.07, 6.45) is 0. The SMILES string of the molecule is CCN(CC(N)=O)C(=O)Nc1ccc(C)cc1C(=O)O. The predicted octanol–water partition coefficient (Wildman–Crippen LogP) is 1.03. The number of nitrogens with zero attached hydrogens (tertiary/aromatic N) is 1. The number of primary amides is 1. The summed E-state index contributed by atoms with van der Waals surface area (Å²) >= 11 is 0. The van der Waals surface area contributed by atoms with Crippen LogP contribution >= 0.6 is 0 Å². The molecule has 0 fully saturated rings. The number of hydrogen-bond donors (Lipinski definition) is 3. The fraction of sp³-hybridized carbons (Fsp3) is 0.308. The van der Waals surface area contributed by atoms with Crippen molar-refractivity contribution < 1.29 is 19.5 Å². The van der Waals surface area contributed by atoms with Gasteiger partial charge in [0, 0.05) is 6.54 Å². The normalized spacial score (nSPS) is 9.90. The molecule has 7 heteroatoms. The Balaban J connectivity index is 2.95. The Bertz CT molecular complexity index is 542. The van der Waals surface area contributed by atoms with E-state index in [-0.39, 0.29) is 24.3 Å². The molecular weight excluding hydrogens is 262 g/mol. The Morgan fingerprint density at radius 1 is 1.35 bits per heavy atom. The van der Waals surface area contributed by atoms with Gasteiger partial charge in [-0.2, -0.15) is 0 Å². The van der Waals surface area contributed by atoms with Crippen LogP contribution in [0.3, 0.4) is 0 Å². The summed E-state index contributed by atoms with van der Waals surface area (Å²) in [4.78, 5) is 35.1. The Morgan fingerprint density at radius 3 is 2.50 bits per heavy atom. The van der Waals surface area contributed by atoms with Gasteiger partial charge in [-0.25, -0.2) is 9.59 Å². The minimum Gasteiger partial charge on any atom is -0.478 e. The van der Waals surface area contributed by atoms with E-state index in [1.54, 1.807) is 19.9 Å². The van der Waals surface area contributed by atoms with Crippen molar-refractivity contribution in [3.05, 3.63) is 29.3 Å². The van der Waals surface area contributed by atoms with Gasteiger partial charge in [-0.15, -0.1) is 0 Å². The zero-order valence-electron chi connectivity index (χ0n) is 11.3. The molecule has 20 heavy (non-hydrogen) atoms. The number of hydrogen-bond acceptors (Lipinski definition) is 3. The fourth-order valence-corrected chi connectivity index (χ4v) is 1.65. The molecule has 3 amide bonds. The number of carbonyl (C=O) groups is 3. The standard InChI is InChI=1S/C13H17N3O4/c1-3-16(7-11(14)17)13(20)15-10-5-4-8(2)6-9(10)12(18)19/h4-6H,3,7H2,1-2H3,(H2,14,17)(H,15,20)(H,18,19). The average Bonchev–Trinajstić information content (AvgIpc) is 2.37. The molecule has 0 saturated carbocycles. The molecule has 0 unspecified atom stereocenters. The van der Waals surface area contributed by atoms with Crippen molar-refractivity contribution in [3.63, 3.8) is 0 Å². The Labute approximate surface area is 116 Å². The van der Waals surface area contributed by atoms with E-state index >= 15 is 0 Å². The summed E-state index contributed by atoms with van der Waals surface area (Å²) in [5.41, 5.74) is 5.98. The number of benzene rings is 1. The van der Waals surface area contributed by atoms with Crippen LogP contribution in [0.25, 0.3) is 0 Å². The Kier molecular flexibility index (Phi) is 5.08. The van der Waals surface area contributed by atoms with Gasteiger partial charge in [-0.05, 0) is 26.0 Å². The number of carboxylic acid groups (broad SMARTS) is 1. The van der Waals surface area contributed by atoms with Crippen molar-refractivity contribution in [3.8, 4) is 0 Å². The molecule has 0 radical (unpaired) electrons. The van der Waals surface area contributed by atoms with Crippen molar-refractivity contribution in [2.75, 3.05) is 18.4 Å². The molecule has 0 atom stereocenters. The second-order valence-electron chi connectivity index (χ2n) is 4.26. The lowest BCUT2D eigenvalue weighted by atomic mass is 10.1. The van der Waals surface area contributed by atoms with E-state index < -0.39 is 17.9 Å². The molecular formula is C13H17N3O4. The number of aryl methyl sites for hydroxylation is 1. The molecule has 0 aliphatic rings. The number of likely N-dealkylation sites (N-methyl/N-ethyl adjacent to an activating group) is 1. The van der Waals surface area contributed by atoms with Crippen molar-refractivity contribution in [1.29, 1.82) is 0 Å². The number of nitrogens with one attached hydrogen (secondary N) is 1. The molecule has 108 valence electrons. The molecule has 1 aromatic rings. The van der Waals surface area contributed by atoms with E-state index in [2.05, 4.69) is 5.32 Å². The zero-order valence-corrected chi connectivity index (χ0v) is 11.3. The number of carbonyl (C=O) groups excluding carboxylic acids is 2. The number of anilines is 1. The van der Waals surface area contributed by atoms with Gasteiger partial charge in [0.1, 0.15) is 6.54 Å². The van der Waals surface area contributed by atoms with Crippen LogP contribution in [0.1, 0.15) is 22.8 Å². The predicted molar refractivity (Wildman–Crippen MR) is 73.6 cm³/mol. The third kappa shape index (κ3) is 3.98. The third-order valence-corrected chi connectivity index (χ3v) is 2.66. The first kappa shape index (κ1) is 15.5.